The number of amides is 1. The zero-order valence-corrected chi connectivity index (χ0v) is 20.3. The van der Waals surface area contributed by atoms with Crippen molar-refractivity contribution in [2.45, 2.75) is 19.6 Å². The molecule has 0 bridgehead atoms. The SMILES string of the molecule is COc1ccccc1OC(C)CNC(=NCc1ccccc1)NCC(=O)N(C)C.I. The summed E-state index contributed by atoms with van der Waals surface area (Å²) >= 11 is 0. The Hall–Kier alpha value is -2.49. The number of methoxy groups -OCH3 is 1. The van der Waals surface area contributed by atoms with Crippen LogP contribution >= 0.6 is 24.0 Å². The van der Waals surface area contributed by atoms with Gasteiger partial charge < -0.3 is 25.0 Å². The molecule has 2 aromatic carbocycles. The monoisotopic (exact) mass is 526 g/mol. The Kier molecular flexibility index (Phi) is 11.7. The zero-order chi connectivity index (χ0) is 21.1. The Morgan fingerprint density at radius 1 is 1.03 bits per heavy atom. The van der Waals surface area contributed by atoms with Gasteiger partial charge in [0.25, 0.3) is 0 Å². The highest BCUT2D eigenvalue weighted by Gasteiger charge is 2.11. The number of nitrogens with zero attached hydrogens (tertiary/aromatic N) is 2. The summed E-state index contributed by atoms with van der Waals surface area (Å²) in [6, 6.07) is 17.5. The molecule has 0 fully saturated rings. The van der Waals surface area contributed by atoms with E-state index < -0.39 is 0 Å². The van der Waals surface area contributed by atoms with Crippen LogP contribution in [-0.4, -0.2) is 57.2 Å². The molecule has 0 spiro atoms. The number of benzene rings is 2. The molecule has 0 aromatic heterocycles. The third-order valence-corrected chi connectivity index (χ3v) is 4.12. The normalized spacial score (nSPS) is 11.7. The number of hydrogen-bond acceptors (Lipinski definition) is 4. The predicted octanol–water partition coefficient (Wildman–Crippen LogP) is 2.90. The largest absolute Gasteiger partial charge is 0.493 e. The highest BCUT2D eigenvalue weighted by Crippen LogP contribution is 2.26. The number of para-hydroxylation sites is 2. The standard InChI is InChI=1S/C22H30N4O3.HI/c1-17(29-20-13-9-8-12-19(20)28-4)14-23-22(25-16-21(27)26(2)3)24-15-18-10-6-5-7-11-18;/h5-13,17H,14-16H2,1-4H3,(H2,23,24,25);1H. The van der Waals surface area contributed by atoms with Crippen LogP contribution in [0.4, 0.5) is 0 Å². The van der Waals surface area contributed by atoms with E-state index in [0.29, 0.717) is 30.5 Å². The second-order valence-electron chi connectivity index (χ2n) is 6.75. The maximum atomic E-state index is 11.9. The lowest BCUT2D eigenvalue weighted by atomic mass is 10.2. The van der Waals surface area contributed by atoms with Crippen molar-refractivity contribution in [2.24, 2.45) is 4.99 Å². The van der Waals surface area contributed by atoms with E-state index in [4.69, 9.17) is 9.47 Å². The second-order valence-corrected chi connectivity index (χ2v) is 6.75. The quantitative estimate of drug-likeness (QED) is 0.299. The van der Waals surface area contributed by atoms with Crippen LogP contribution in [0.3, 0.4) is 0 Å². The lowest BCUT2D eigenvalue weighted by Gasteiger charge is -2.19. The van der Waals surface area contributed by atoms with E-state index in [1.807, 2.05) is 61.5 Å². The first kappa shape index (κ1) is 25.5. The number of halogens is 1. The second kappa shape index (κ2) is 13.7. The molecular formula is C22H31IN4O3. The van der Waals surface area contributed by atoms with Gasteiger partial charge in [-0.1, -0.05) is 42.5 Å². The number of carbonyl (C=O) groups excluding carboxylic acids is 1. The van der Waals surface area contributed by atoms with E-state index in [-0.39, 0.29) is 42.5 Å². The summed E-state index contributed by atoms with van der Waals surface area (Å²) in [6.45, 7) is 3.14. The molecule has 0 saturated heterocycles. The smallest absolute Gasteiger partial charge is 0.241 e. The van der Waals surface area contributed by atoms with E-state index in [0.717, 1.165) is 5.56 Å². The number of aliphatic imine (C=N–C) groups is 1. The predicted molar refractivity (Wildman–Crippen MR) is 131 cm³/mol. The summed E-state index contributed by atoms with van der Waals surface area (Å²) < 4.78 is 11.3. The minimum atomic E-state index is -0.139. The molecule has 1 unspecified atom stereocenters. The fourth-order valence-corrected chi connectivity index (χ4v) is 2.46. The summed E-state index contributed by atoms with van der Waals surface area (Å²) in [5, 5.41) is 6.32. The molecular weight excluding hydrogens is 495 g/mol. The summed E-state index contributed by atoms with van der Waals surface area (Å²) in [4.78, 5) is 18.0. The maximum Gasteiger partial charge on any atom is 0.241 e. The first-order valence-electron chi connectivity index (χ1n) is 9.55. The molecule has 1 amide bonds. The molecule has 2 rings (SSSR count). The topological polar surface area (TPSA) is 75.2 Å². The Morgan fingerprint density at radius 2 is 1.67 bits per heavy atom. The van der Waals surface area contributed by atoms with Gasteiger partial charge in [-0.3, -0.25) is 4.79 Å². The van der Waals surface area contributed by atoms with Gasteiger partial charge in [0.2, 0.25) is 5.91 Å². The van der Waals surface area contributed by atoms with Crippen LogP contribution < -0.4 is 20.1 Å². The number of likely N-dealkylation sites (N-methyl/N-ethyl adjacent to an activating group) is 1. The first-order chi connectivity index (χ1) is 14.0. The van der Waals surface area contributed by atoms with Gasteiger partial charge in [0.15, 0.2) is 17.5 Å². The van der Waals surface area contributed by atoms with Gasteiger partial charge in [-0.15, -0.1) is 24.0 Å². The molecule has 7 nitrogen and oxygen atoms in total. The summed E-state index contributed by atoms with van der Waals surface area (Å²) in [5.74, 6) is 1.90. The molecule has 0 heterocycles. The van der Waals surface area contributed by atoms with Crippen molar-refractivity contribution in [3.05, 3.63) is 60.2 Å². The number of nitrogens with one attached hydrogen (secondary N) is 2. The minimum absolute atomic E-state index is 0. The molecule has 2 aromatic rings. The van der Waals surface area contributed by atoms with Crippen molar-refractivity contribution in [2.75, 3.05) is 34.3 Å². The van der Waals surface area contributed by atoms with Crippen LogP contribution in [0.5, 0.6) is 11.5 Å². The highest BCUT2D eigenvalue weighted by atomic mass is 127. The molecule has 0 saturated carbocycles. The fourth-order valence-electron chi connectivity index (χ4n) is 2.46. The van der Waals surface area contributed by atoms with Crippen LogP contribution in [0.25, 0.3) is 0 Å². The zero-order valence-electron chi connectivity index (χ0n) is 17.9. The molecule has 30 heavy (non-hydrogen) atoms. The Labute approximate surface area is 195 Å². The van der Waals surface area contributed by atoms with Gasteiger partial charge in [0.05, 0.1) is 26.7 Å². The van der Waals surface area contributed by atoms with Crippen molar-refractivity contribution < 1.29 is 14.3 Å². The van der Waals surface area contributed by atoms with Gasteiger partial charge in [-0.05, 0) is 24.6 Å². The highest BCUT2D eigenvalue weighted by molar-refractivity contribution is 14.0. The number of rotatable bonds is 9. The molecule has 8 heteroatoms. The molecule has 164 valence electrons. The average molecular weight is 526 g/mol. The van der Waals surface area contributed by atoms with Crippen molar-refractivity contribution in [1.29, 1.82) is 0 Å². The van der Waals surface area contributed by atoms with Crippen LogP contribution in [0.2, 0.25) is 0 Å². The number of guanidine groups is 1. The van der Waals surface area contributed by atoms with E-state index >= 15 is 0 Å². The lowest BCUT2D eigenvalue weighted by Crippen LogP contribution is -2.45. The van der Waals surface area contributed by atoms with Gasteiger partial charge in [0.1, 0.15) is 6.10 Å². The van der Waals surface area contributed by atoms with Gasteiger partial charge >= 0.3 is 0 Å². The van der Waals surface area contributed by atoms with Crippen LogP contribution in [0, 0.1) is 0 Å². The molecule has 2 N–H and O–H groups in total. The summed E-state index contributed by atoms with van der Waals surface area (Å²) in [6.07, 6.45) is -0.139. The first-order valence-corrected chi connectivity index (χ1v) is 9.55. The molecule has 0 aliphatic heterocycles. The van der Waals surface area contributed by atoms with E-state index in [1.165, 1.54) is 4.90 Å². The van der Waals surface area contributed by atoms with E-state index in [2.05, 4.69) is 15.6 Å². The maximum absolute atomic E-state index is 11.9. The Bertz CT molecular complexity index is 800. The summed E-state index contributed by atoms with van der Waals surface area (Å²) in [5.41, 5.74) is 1.09. The van der Waals surface area contributed by atoms with Crippen LogP contribution in [-0.2, 0) is 11.3 Å². The number of ether oxygens (including phenoxy) is 2. The molecule has 1 atom stereocenters. The summed E-state index contributed by atoms with van der Waals surface area (Å²) in [7, 11) is 5.06. The van der Waals surface area contributed by atoms with E-state index in [9.17, 15) is 4.79 Å². The molecule has 0 aliphatic carbocycles. The average Bonchev–Trinajstić information content (AvgIpc) is 2.74. The van der Waals surface area contributed by atoms with Crippen molar-refractivity contribution in [1.82, 2.24) is 15.5 Å². The Balaban J connectivity index is 0.00000450. The van der Waals surface area contributed by atoms with Crippen LogP contribution in [0.15, 0.2) is 59.6 Å². The Morgan fingerprint density at radius 3 is 2.30 bits per heavy atom. The van der Waals surface area contributed by atoms with Gasteiger partial charge in [-0.25, -0.2) is 4.99 Å². The third-order valence-electron chi connectivity index (χ3n) is 4.12. The lowest BCUT2D eigenvalue weighted by molar-refractivity contribution is -0.127. The molecule has 0 radical (unpaired) electrons. The molecule has 0 aliphatic rings. The third kappa shape index (κ3) is 8.89. The number of carbonyl (C=O) groups is 1. The fraction of sp³-hybridized carbons (Fsp3) is 0.364. The van der Waals surface area contributed by atoms with Crippen LogP contribution in [0.1, 0.15) is 12.5 Å². The van der Waals surface area contributed by atoms with Gasteiger partial charge in [-0.2, -0.15) is 0 Å². The number of hydrogen-bond donors (Lipinski definition) is 2. The van der Waals surface area contributed by atoms with E-state index in [1.54, 1.807) is 21.2 Å². The van der Waals surface area contributed by atoms with Crippen molar-refractivity contribution in [3.63, 3.8) is 0 Å². The van der Waals surface area contributed by atoms with Crippen molar-refractivity contribution >= 4 is 35.8 Å². The van der Waals surface area contributed by atoms with Crippen molar-refractivity contribution in [3.8, 4) is 11.5 Å². The van der Waals surface area contributed by atoms with Gasteiger partial charge in [0, 0.05) is 14.1 Å². The minimum Gasteiger partial charge on any atom is -0.493 e.